The first-order valence-electron chi connectivity index (χ1n) is 15.1. The van der Waals surface area contributed by atoms with Crippen LogP contribution in [0.15, 0.2) is 30.5 Å². The molecule has 1 fully saturated rings. The largest absolute Gasteiger partial charge is 0.481 e. The van der Waals surface area contributed by atoms with Gasteiger partial charge in [0, 0.05) is 29.9 Å². The Labute approximate surface area is 256 Å². The van der Waals surface area contributed by atoms with Crippen molar-refractivity contribution in [2.45, 2.75) is 96.9 Å². The minimum atomic E-state index is -1.31. The number of aromatic amines is 1. The van der Waals surface area contributed by atoms with Crippen LogP contribution in [-0.4, -0.2) is 75.8 Å². The number of carbonyl (C=O) groups is 6. The quantitative estimate of drug-likeness (QED) is 0.220. The van der Waals surface area contributed by atoms with Crippen molar-refractivity contribution in [3.63, 3.8) is 0 Å². The number of amides is 5. The van der Waals surface area contributed by atoms with E-state index in [4.69, 9.17) is 0 Å². The molecule has 6 atom stereocenters. The van der Waals surface area contributed by atoms with Crippen LogP contribution >= 0.6 is 0 Å². The van der Waals surface area contributed by atoms with E-state index in [1.807, 2.05) is 45.0 Å². The molecule has 1 aliphatic rings. The highest BCUT2D eigenvalue weighted by Crippen LogP contribution is 2.20. The summed E-state index contributed by atoms with van der Waals surface area (Å²) >= 11 is 0. The summed E-state index contributed by atoms with van der Waals surface area (Å²) in [4.78, 5) is 81.9. The van der Waals surface area contributed by atoms with Crippen LogP contribution in [0.2, 0.25) is 0 Å². The molecule has 13 nitrogen and oxygen atoms in total. The first-order chi connectivity index (χ1) is 20.8. The third-order valence-electron chi connectivity index (χ3n) is 7.90. The molecule has 0 aliphatic carbocycles. The van der Waals surface area contributed by atoms with Crippen molar-refractivity contribution in [3.05, 3.63) is 36.0 Å². The molecule has 5 amide bonds. The van der Waals surface area contributed by atoms with Crippen LogP contribution in [0.5, 0.6) is 0 Å². The van der Waals surface area contributed by atoms with Gasteiger partial charge >= 0.3 is 5.97 Å². The van der Waals surface area contributed by atoms with E-state index in [-0.39, 0.29) is 31.1 Å². The maximum absolute atomic E-state index is 13.7. The Morgan fingerprint density at radius 1 is 0.818 bits per heavy atom. The molecule has 0 saturated carbocycles. The molecule has 1 aromatic heterocycles. The van der Waals surface area contributed by atoms with Gasteiger partial charge in [0.2, 0.25) is 29.5 Å². The minimum absolute atomic E-state index is 0.00656. The topological polar surface area (TPSA) is 199 Å². The second-order valence-electron chi connectivity index (χ2n) is 11.9. The average Bonchev–Trinajstić information content (AvgIpc) is 3.38. The van der Waals surface area contributed by atoms with E-state index in [9.17, 15) is 33.9 Å². The first-order valence-corrected chi connectivity index (χ1v) is 15.1. The summed E-state index contributed by atoms with van der Waals surface area (Å²) in [5.41, 5.74) is 1.56. The first kappa shape index (κ1) is 34.1. The molecule has 2 heterocycles. The number of fused-ring (bicyclic) bond motifs is 1. The van der Waals surface area contributed by atoms with Gasteiger partial charge in [-0.3, -0.25) is 28.8 Å². The Bertz CT molecular complexity index is 1370. The van der Waals surface area contributed by atoms with E-state index < -0.39 is 72.1 Å². The van der Waals surface area contributed by atoms with Crippen molar-refractivity contribution < 1.29 is 33.9 Å². The number of hydrogen-bond acceptors (Lipinski definition) is 6. The third kappa shape index (κ3) is 9.04. The Morgan fingerprint density at radius 2 is 1.43 bits per heavy atom. The van der Waals surface area contributed by atoms with Crippen molar-refractivity contribution >= 4 is 46.4 Å². The van der Waals surface area contributed by atoms with Gasteiger partial charge in [-0.15, -0.1) is 0 Å². The highest BCUT2D eigenvalue weighted by Gasteiger charge is 2.35. The van der Waals surface area contributed by atoms with Crippen LogP contribution in [-0.2, 0) is 35.2 Å². The van der Waals surface area contributed by atoms with Gasteiger partial charge in [-0.2, -0.15) is 0 Å². The Morgan fingerprint density at radius 3 is 2.09 bits per heavy atom. The summed E-state index contributed by atoms with van der Waals surface area (Å²) in [6.45, 7) is 8.87. The van der Waals surface area contributed by atoms with Crippen LogP contribution < -0.4 is 26.6 Å². The number of carboxylic acid groups (broad SMARTS) is 1. The zero-order chi connectivity index (χ0) is 32.6. The molecular weight excluding hydrogens is 568 g/mol. The summed E-state index contributed by atoms with van der Waals surface area (Å²) in [5.74, 6) is -4.76. The van der Waals surface area contributed by atoms with Gasteiger partial charge in [-0.25, -0.2) is 0 Å². The molecule has 1 aliphatic heterocycles. The van der Waals surface area contributed by atoms with Crippen LogP contribution in [0.4, 0.5) is 0 Å². The monoisotopic (exact) mass is 612 g/mol. The predicted octanol–water partition coefficient (Wildman–Crippen LogP) is 1.12. The molecule has 0 unspecified atom stereocenters. The number of aromatic nitrogens is 1. The van der Waals surface area contributed by atoms with Gasteiger partial charge in [0.15, 0.2) is 0 Å². The lowest BCUT2D eigenvalue weighted by molar-refractivity contribution is -0.138. The fourth-order valence-corrected chi connectivity index (χ4v) is 5.14. The van der Waals surface area contributed by atoms with Gasteiger partial charge in [0.05, 0.1) is 0 Å². The molecule has 0 bridgehead atoms. The number of benzene rings is 1. The summed E-state index contributed by atoms with van der Waals surface area (Å²) < 4.78 is 0. The van der Waals surface area contributed by atoms with Crippen LogP contribution in [0, 0.1) is 11.8 Å². The van der Waals surface area contributed by atoms with Crippen LogP contribution in [0.3, 0.4) is 0 Å². The molecular formula is C31H44N6O7. The van der Waals surface area contributed by atoms with Gasteiger partial charge < -0.3 is 36.7 Å². The van der Waals surface area contributed by atoms with Crippen LogP contribution in [0.1, 0.15) is 65.9 Å². The SMILES string of the molecule is CC[C@@H](C)[C@@H]1NC(=O)[C@H](C)NC(=O)[C@H](CCC(=O)O)NC(=O)[C@@H](Cc2c[nH]c3ccccc23)NC(=O)[C@H](CC(C)C)NC1=O. The number of para-hydroxylation sites is 1. The number of rotatable bonds is 9. The molecule has 1 saturated heterocycles. The molecule has 0 radical (unpaired) electrons. The maximum Gasteiger partial charge on any atom is 0.303 e. The second-order valence-corrected chi connectivity index (χ2v) is 11.9. The highest BCUT2D eigenvalue weighted by atomic mass is 16.4. The third-order valence-corrected chi connectivity index (χ3v) is 7.90. The Balaban J connectivity index is 2.06. The molecule has 2 aromatic rings. The number of H-pyrrole nitrogens is 1. The van der Waals surface area contributed by atoms with E-state index in [0.29, 0.717) is 6.42 Å². The molecule has 44 heavy (non-hydrogen) atoms. The van der Waals surface area contributed by atoms with Gasteiger partial charge in [-0.1, -0.05) is 52.3 Å². The lowest BCUT2D eigenvalue weighted by Gasteiger charge is -2.28. The van der Waals surface area contributed by atoms with Crippen molar-refractivity contribution in [2.75, 3.05) is 0 Å². The molecule has 7 N–H and O–H groups in total. The molecule has 13 heteroatoms. The smallest absolute Gasteiger partial charge is 0.303 e. The van der Waals surface area contributed by atoms with E-state index in [1.165, 1.54) is 6.92 Å². The minimum Gasteiger partial charge on any atom is -0.481 e. The number of carboxylic acids is 1. The van der Waals surface area contributed by atoms with Crippen molar-refractivity contribution in [1.82, 2.24) is 31.6 Å². The lowest BCUT2D eigenvalue weighted by atomic mass is 9.96. The van der Waals surface area contributed by atoms with Gasteiger partial charge in [0.1, 0.15) is 30.2 Å². The maximum atomic E-state index is 13.7. The fourth-order valence-electron chi connectivity index (χ4n) is 5.14. The van der Waals surface area contributed by atoms with Crippen LogP contribution in [0.25, 0.3) is 10.9 Å². The van der Waals surface area contributed by atoms with Crippen molar-refractivity contribution in [1.29, 1.82) is 0 Å². The van der Waals surface area contributed by atoms with E-state index in [0.717, 1.165) is 16.5 Å². The average molecular weight is 613 g/mol. The molecule has 0 spiro atoms. The Hall–Kier alpha value is -4.42. The lowest BCUT2D eigenvalue weighted by Crippen LogP contribution is -2.59. The van der Waals surface area contributed by atoms with E-state index in [2.05, 4.69) is 31.6 Å². The van der Waals surface area contributed by atoms with E-state index in [1.54, 1.807) is 13.1 Å². The summed E-state index contributed by atoms with van der Waals surface area (Å²) in [7, 11) is 0. The second kappa shape index (κ2) is 15.3. The summed E-state index contributed by atoms with van der Waals surface area (Å²) in [5, 5.41) is 23.5. The van der Waals surface area contributed by atoms with Crippen molar-refractivity contribution in [3.8, 4) is 0 Å². The zero-order valence-corrected chi connectivity index (χ0v) is 25.9. The van der Waals surface area contributed by atoms with Crippen molar-refractivity contribution in [2.24, 2.45) is 11.8 Å². The number of hydrogen-bond donors (Lipinski definition) is 7. The van der Waals surface area contributed by atoms with E-state index >= 15 is 0 Å². The van der Waals surface area contributed by atoms with Gasteiger partial charge in [-0.05, 0) is 43.2 Å². The number of aliphatic carboxylic acids is 1. The summed E-state index contributed by atoms with van der Waals surface area (Å²) in [6.07, 6.45) is 1.91. The Kier molecular flexibility index (Phi) is 11.9. The number of carbonyl (C=O) groups excluding carboxylic acids is 5. The normalized spacial score (nSPS) is 24.8. The standard InChI is InChI=1S/C31H44N6O7/c1-6-17(4)26-31(44)36-23(13-16(2)3)29(42)35-24(14-19-15-32-21-10-8-7-9-20(19)21)30(43)34-22(11-12-25(38)39)28(41)33-18(5)27(40)37-26/h7-10,15-18,22-24,26,32H,6,11-14H2,1-5H3,(H,33,41)(H,34,43)(H,35,42)(H,36,44)(H,37,40)(H,38,39)/t17-,18+,22+,23+,24-,26+/m1/s1. The molecule has 240 valence electrons. The zero-order valence-electron chi connectivity index (χ0n) is 25.9. The predicted molar refractivity (Wildman–Crippen MR) is 163 cm³/mol. The fraction of sp³-hybridized carbons (Fsp3) is 0.548. The molecule has 3 rings (SSSR count). The highest BCUT2D eigenvalue weighted by molar-refractivity contribution is 5.98. The van der Waals surface area contributed by atoms with Gasteiger partial charge in [0.25, 0.3) is 0 Å². The number of nitrogens with one attached hydrogen (secondary N) is 6. The summed E-state index contributed by atoms with van der Waals surface area (Å²) in [6, 6.07) is 1.85. The molecule has 1 aromatic carbocycles.